The largest absolute Gasteiger partial charge is 0.294 e. The van der Waals surface area contributed by atoms with Gasteiger partial charge in [-0.15, -0.1) is 0 Å². The maximum atomic E-state index is 12.4. The molecule has 0 atom stereocenters. The number of aryl methyl sites for hydroxylation is 2. The highest BCUT2D eigenvalue weighted by molar-refractivity contribution is 6.39. The Hall–Kier alpha value is -1.31. The Labute approximate surface area is 123 Å². The molecule has 0 spiro atoms. The molecule has 0 N–H and O–H groups in total. The summed E-state index contributed by atoms with van der Waals surface area (Å²) in [5.41, 5.74) is 3.67. The van der Waals surface area contributed by atoms with E-state index in [-0.39, 0.29) is 5.78 Å². The van der Waals surface area contributed by atoms with Gasteiger partial charge in [0.1, 0.15) is 0 Å². The van der Waals surface area contributed by atoms with Gasteiger partial charge in [-0.2, -0.15) is 0 Å². The van der Waals surface area contributed by atoms with E-state index >= 15 is 0 Å². The van der Waals surface area contributed by atoms with Gasteiger partial charge in [-0.25, -0.2) is 0 Å². The van der Waals surface area contributed by atoms with E-state index in [0.29, 0.717) is 22.0 Å². The molecule has 0 saturated carbocycles. The molecule has 19 heavy (non-hydrogen) atoms. The summed E-state index contributed by atoms with van der Waals surface area (Å²) in [5, 5.41) is 0.812. The summed E-state index contributed by atoms with van der Waals surface area (Å²) < 4.78 is 0. The van der Waals surface area contributed by atoms with Crippen LogP contribution < -0.4 is 0 Å². The van der Waals surface area contributed by atoms with Crippen LogP contribution in [0.4, 0.5) is 0 Å². The quantitative estimate of drug-likeness (QED) is 0.725. The average molecular weight is 293 g/mol. The summed E-state index contributed by atoms with van der Waals surface area (Å²) in [5.74, 6) is -0.0481. The van der Waals surface area contributed by atoms with Crippen LogP contribution in [-0.2, 0) is 6.42 Å². The molecular weight excluding hydrogens is 279 g/mol. The first-order valence-electron chi connectivity index (χ1n) is 6.03. The van der Waals surface area contributed by atoms with Gasteiger partial charge in [0.05, 0.1) is 15.6 Å². The minimum Gasteiger partial charge on any atom is -0.294 e. The number of ketones is 1. The lowest BCUT2D eigenvalue weighted by Crippen LogP contribution is -2.07. The smallest absolute Gasteiger partial charge is 0.170 e. The highest BCUT2D eigenvalue weighted by Gasteiger charge is 2.16. The SMILES string of the molecule is Cc1cccc(C)c1CC(=O)c1c(Cl)cccc1Cl. The molecule has 0 unspecified atom stereocenters. The molecule has 2 rings (SSSR count). The Morgan fingerprint density at radius 2 is 1.42 bits per heavy atom. The van der Waals surface area contributed by atoms with Crippen molar-refractivity contribution in [1.82, 2.24) is 0 Å². The first-order valence-corrected chi connectivity index (χ1v) is 6.78. The van der Waals surface area contributed by atoms with Gasteiger partial charge in [-0.1, -0.05) is 47.5 Å². The Balaban J connectivity index is 2.37. The van der Waals surface area contributed by atoms with Crippen molar-refractivity contribution in [3.8, 4) is 0 Å². The van der Waals surface area contributed by atoms with Gasteiger partial charge in [-0.3, -0.25) is 4.79 Å². The van der Waals surface area contributed by atoms with Crippen molar-refractivity contribution < 1.29 is 4.79 Å². The van der Waals surface area contributed by atoms with Gasteiger partial charge >= 0.3 is 0 Å². The van der Waals surface area contributed by atoms with Crippen molar-refractivity contribution in [3.05, 3.63) is 68.7 Å². The molecule has 0 aliphatic carbocycles. The van der Waals surface area contributed by atoms with E-state index in [1.54, 1.807) is 18.2 Å². The van der Waals surface area contributed by atoms with E-state index in [4.69, 9.17) is 23.2 Å². The third-order valence-electron chi connectivity index (χ3n) is 3.22. The highest BCUT2D eigenvalue weighted by atomic mass is 35.5. The van der Waals surface area contributed by atoms with Gasteiger partial charge < -0.3 is 0 Å². The molecule has 0 saturated heterocycles. The first-order chi connectivity index (χ1) is 9.00. The van der Waals surface area contributed by atoms with Crippen LogP contribution in [0.25, 0.3) is 0 Å². The van der Waals surface area contributed by atoms with Crippen LogP contribution in [0.15, 0.2) is 36.4 Å². The van der Waals surface area contributed by atoms with Crippen LogP contribution in [0.1, 0.15) is 27.0 Å². The van der Waals surface area contributed by atoms with Gasteiger partial charge in [0, 0.05) is 6.42 Å². The number of carbonyl (C=O) groups excluding carboxylic acids is 1. The summed E-state index contributed by atoms with van der Waals surface area (Å²) in [7, 11) is 0. The molecule has 0 radical (unpaired) electrons. The normalized spacial score (nSPS) is 10.5. The molecule has 0 fully saturated rings. The van der Waals surface area contributed by atoms with Crippen molar-refractivity contribution in [3.63, 3.8) is 0 Å². The maximum absolute atomic E-state index is 12.4. The third-order valence-corrected chi connectivity index (χ3v) is 3.85. The number of benzene rings is 2. The molecule has 0 amide bonds. The molecular formula is C16H14Cl2O. The van der Waals surface area contributed by atoms with Crippen LogP contribution in [0.5, 0.6) is 0 Å². The molecule has 2 aromatic carbocycles. The van der Waals surface area contributed by atoms with Crippen LogP contribution in [-0.4, -0.2) is 5.78 Å². The zero-order valence-electron chi connectivity index (χ0n) is 10.8. The maximum Gasteiger partial charge on any atom is 0.170 e. The van der Waals surface area contributed by atoms with Crippen LogP contribution in [0.3, 0.4) is 0 Å². The molecule has 0 aliphatic heterocycles. The van der Waals surface area contributed by atoms with Gasteiger partial charge in [0.15, 0.2) is 5.78 Å². The fraction of sp³-hybridized carbons (Fsp3) is 0.188. The Bertz CT molecular complexity index is 592. The van der Waals surface area contributed by atoms with E-state index in [2.05, 4.69) is 0 Å². The second kappa shape index (κ2) is 5.77. The Morgan fingerprint density at radius 3 is 1.95 bits per heavy atom. The summed E-state index contributed by atoms with van der Waals surface area (Å²) in [4.78, 5) is 12.4. The average Bonchev–Trinajstić information content (AvgIpc) is 2.34. The van der Waals surface area contributed by atoms with Crippen LogP contribution in [0, 0.1) is 13.8 Å². The number of hydrogen-bond acceptors (Lipinski definition) is 1. The van der Waals surface area contributed by atoms with Gasteiger partial charge in [0.25, 0.3) is 0 Å². The van der Waals surface area contributed by atoms with Crippen LogP contribution >= 0.6 is 23.2 Å². The van der Waals surface area contributed by atoms with E-state index in [0.717, 1.165) is 16.7 Å². The van der Waals surface area contributed by atoms with Gasteiger partial charge in [-0.05, 0) is 42.7 Å². The Kier molecular flexibility index (Phi) is 4.28. The van der Waals surface area contributed by atoms with Crippen molar-refractivity contribution in [2.24, 2.45) is 0 Å². The lowest BCUT2D eigenvalue weighted by Gasteiger charge is -2.10. The molecule has 0 heterocycles. The molecule has 2 aromatic rings. The van der Waals surface area contributed by atoms with Crippen molar-refractivity contribution in [1.29, 1.82) is 0 Å². The number of rotatable bonds is 3. The fourth-order valence-electron chi connectivity index (χ4n) is 2.14. The summed E-state index contributed by atoms with van der Waals surface area (Å²) >= 11 is 12.1. The lowest BCUT2D eigenvalue weighted by molar-refractivity contribution is 0.0993. The predicted molar refractivity (Wildman–Crippen MR) is 80.4 cm³/mol. The minimum atomic E-state index is -0.0481. The topological polar surface area (TPSA) is 17.1 Å². The number of Topliss-reactive ketones (excluding diaryl/α,β-unsaturated/α-hetero) is 1. The monoisotopic (exact) mass is 292 g/mol. The van der Waals surface area contributed by atoms with Crippen molar-refractivity contribution in [2.75, 3.05) is 0 Å². The number of hydrogen-bond donors (Lipinski definition) is 0. The van der Waals surface area contributed by atoms with E-state index in [1.807, 2.05) is 32.0 Å². The molecule has 1 nitrogen and oxygen atoms in total. The van der Waals surface area contributed by atoms with Crippen molar-refractivity contribution in [2.45, 2.75) is 20.3 Å². The molecule has 0 bridgehead atoms. The molecule has 98 valence electrons. The van der Waals surface area contributed by atoms with Crippen molar-refractivity contribution >= 4 is 29.0 Å². The zero-order valence-corrected chi connectivity index (χ0v) is 12.3. The molecule has 0 aromatic heterocycles. The van der Waals surface area contributed by atoms with E-state index in [1.165, 1.54) is 0 Å². The second-order valence-corrected chi connectivity index (χ2v) is 5.38. The highest BCUT2D eigenvalue weighted by Crippen LogP contribution is 2.26. The number of carbonyl (C=O) groups is 1. The standard InChI is InChI=1S/C16H14Cl2O/c1-10-5-3-6-11(2)12(10)9-15(19)16-13(17)7-4-8-14(16)18/h3-8H,9H2,1-2H3. The second-order valence-electron chi connectivity index (χ2n) is 4.57. The summed E-state index contributed by atoms with van der Waals surface area (Å²) in [6.07, 6.45) is 0.321. The Morgan fingerprint density at radius 1 is 0.947 bits per heavy atom. The van der Waals surface area contributed by atoms with E-state index < -0.39 is 0 Å². The summed E-state index contributed by atoms with van der Waals surface area (Å²) in [6, 6.07) is 11.1. The fourth-order valence-corrected chi connectivity index (χ4v) is 2.75. The predicted octanol–water partition coefficient (Wildman–Crippen LogP) is 5.04. The number of halogens is 2. The zero-order chi connectivity index (χ0) is 14.0. The van der Waals surface area contributed by atoms with Gasteiger partial charge in [0.2, 0.25) is 0 Å². The molecule has 3 heteroatoms. The minimum absolute atomic E-state index is 0.0481. The van der Waals surface area contributed by atoms with E-state index in [9.17, 15) is 4.79 Å². The lowest BCUT2D eigenvalue weighted by atomic mass is 9.95. The van der Waals surface area contributed by atoms with Crippen LogP contribution in [0.2, 0.25) is 10.0 Å². The molecule has 0 aliphatic rings. The summed E-state index contributed by atoms with van der Waals surface area (Å²) in [6.45, 7) is 4.01. The third kappa shape index (κ3) is 2.99. The first kappa shape index (κ1) is 14.1.